The SMILES string of the molecule is CC(=O)c1ncc(C(=O)N2CCN(CC(F)(F)F)CC2)s1. The molecule has 116 valence electrons. The number of piperazine rings is 1. The van der Waals surface area contributed by atoms with Gasteiger partial charge in [0.05, 0.1) is 12.7 Å². The van der Waals surface area contributed by atoms with Crippen molar-refractivity contribution in [3.8, 4) is 0 Å². The van der Waals surface area contributed by atoms with Crippen LogP contribution in [-0.4, -0.2) is 65.4 Å². The van der Waals surface area contributed by atoms with Gasteiger partial charge in [-0.3, -0.25) is 14.5 Å². The highest BCUT2D eigenvalue weighted by Gasteiger charge is 2.33. The lowest BCUT2D eigenvalue weighted by Gasteiger charge is -2.34. The summed E-state index contributed by atoms with van der Waals surface area (Å²) < 4.78 is 36.8. The normalized spacial score (nSPS) is 17.0. The Morgan fingerprint density at radius 2 is 1.90 bits per heavy atom. The molecule has 1 aromatic heterocycles. The zero-order valence-electron chi connectivity index (χ0n) is 11.3. The van der Waals surface area contributed by atoms with Crippen molar-refractivity contribution in [3.63, 3.8) is 0 Å². The van der Waals surface area contributed by atoms with Crippen LogP contribution in [0.15, 0.2) is 6.20 Å². The highest BCUT2D eigenvalue weighted by molar-refractivity contribution is 7.15. The molecule has 0 aliphatic carbocycles. The number of amides is 1. The van der Waals surface area contributed by atoms with Crippen LogP contribution in [0.25, 0.3) is 0 Å². The van der Waals surface area contributed by atoms with Gasteiger partial charge in [0.1, 0.15) is 4.88 Å². The van der Waals surface area contributed by atoms with Gasteiger partial charge in [-0.1, -0.05) is 0 Å². The number of alkyl halides is 3. The number of rotatable bonds is 3. The van der Waals surface area contributed by atoms with Crippen molar-refractivity contribution in [3.05, 3.63) is 16.1 Å². The van der Waals surface area contributed by atoms with Crippen molar-refractivity contribution >= 4 is 23.0 Å². The Morgan fingerprint density at radius 1 is 1.29 bits per heavy atom. The van der Waals surface area contributed by atoms with Crippen LogP contribution in [0.4, 0.5) is 13.2 Å². The van der Waals surface area contributed by atoms with Crippen molar-refractivity contribution in [2.24, 2.45) is 0 Å². The maximum atomic E-state index is 12.3. The van der Waals surface area contributed by atoms with Crippen LogP contribution < -0.4 is 0 Å². The number of aromatic nitrogens is 1. The summed E-state index contributed by atoms with van der Waals surface area (Å²) in [5.41, 5.74) is 0. The Bertz CT molecular complexity index is 536. The molecular formula is C12H14F3N3O2S. The summed E-state index contributed by atoms with van der Waals surface area (Å²) in [6.45, 7) is 1.25. The first-order valence-corrected chi connectivity index (χ1v) is 7.13. The molecule has 1 saturated heterocycles. The first-order chi connectivity index (χ1) is 9.76. The van der Waals surface area contributed by atoms with E-state index in [1.807, 2.05) is 0 Å². The van der Waals surface area contributed by atoms with E-state index in [2.05, 4.69) is 4.98 Å². The number of hydrogen-bond donors (Lipinski definition) is 0. The quantitative estimate of drug-likeness (QED) is 0.795. The zero-order chi connectivity index (χ0) is 15.6. The molecule has 1 aromatic rings. The fourth-order valence-corrected chi connectivity index (χ4v) is 2.83. The predicted molar refractivity (Wildman–Crippen MR) is 70.5 cm³/mol. The second kappa shape index (κ2) is 6.10. The molecule has 0 atom stereocenters. The van der Waals surface area contributed by atoms with Gasteiger partial charge in [0.2, 0.25) is 0 Å². The molecule has 0 radical (unpaired) electrons. The Kier molecular flexibility index (Phi) is 4.62. The van der Waals surface area contributed by atoms with Crippen LogP contribution in [0.3, 0.4) is 0 Å². The maximum Gasteiger partial charge on any atom is 0.401 e. The lowest BCUT2D eigenvalue weighted by atomic mass is 10.3. The third kappa shape index (κ3) is 4.24. The van der Waals surface area contributed by atoms with Crippen LogP contribution >= 0.6 is 11.3 Å². The lowest BCUT2D eigenvalue weighted by molar-refractivity contribution is -0.148. The van der Waals surface area contributed by atoms with E-state index in [9.17, 15) is 22.8 Å². The average molecular weight is 321 g/mol. The summed E-state index contributed by atoms with van der Waals surface area (Å²) in [6.07, 6.45) is -2.88. The number of hydrogen-bond acceptors (Lipinski definition) is 5. The highest BCUT2D eigenvalue weighted by atomic mass is 32.1. The minimum absolute atomic E-state index is 0.184. The topological polar surface area (TPSA) is 53.5 Å². The number of carbonyl (C=O) groups is 2. The van der Waals surface area contributed by atoms with Crippen molar-refractivity contribution in [1.82, 2.24) is 14.8 Å². The number of ketones is 1. The van der Waals surface area contributed by atoms with Crippen LogP contribution in [0.1, 0.15) is 26.4 Å². The van der Waals surface area contributed by atoms with Gasteiger partial charge in [-0.25, -0.2) is 4.98 Å². The Hall–Kier alpha value is -1.48. The van der Waals surface area contributed by atoms with E-state index in [-0.39, 0.29) is 42.9 Å². The summed E-state index contributed by atoms with van der Waals surface area (Å²) in [5.74, 6) is -0.499. The minimum Gasteiger partial charge on any atom is -0.335 e. The second-order valence-electron chi connectivity index (χ2n) is 4.77. The summed E-state index contributed by atoms with van der Waals surface area (Å²) in [7, 11) is 0. The van der Waals surface area contributed by atoms with Gasteiger partial charge in [0.25, 0.3) is 5.91 Å². The smallest absolute Gasteiger partial charge is 0.335 e. The monoisotopic (exact) mass is 321 g/mol. The first-order valence-electron chi connectivity index (χ1n) is 6.31. The standard InChI is InChI=1S/C12H14F3N3O2S/c1-8(19)10-16-6-9(21-10)11(20)18-4-2-17(3-5-18)7-12(13,14)15/h6H,2-5,7H2,1H3. The van der Waals surface area contributed by atoms with Gasteiger partial charge < -0.3 is 4.90 Å². The molecule has 2 rings (SSSR count). The van der Waals surface area contributed by atoms with E-state index in [1.54, 1.807) is 0 Å². The van der Waals surface area contributed by atoms with Crippen LogP contribution in [0.2, 0.25) is 0 Å². The molecule has 0 bridgehead atoms. The molecule has 9 heteroatoms. The highest BCUT2D eigenvalue weighted by Crippen LogP contribution is 2.19. The summed E-state index contributed by atoms with van der Waals surface area (Å²) in [6, 6.07) is 0. The molecule has 21 heavy (non-hydrogen) atoms. The maximum absolute atomic E-state index is 12.3. The van der Waals surface area contributed by atoms with Crippen LogP contribution in [0, 0.1) is 0 Å². The van der Waals surface area contributed by atoms with Gasteiger partial charge in [-0.05, 0) is 0 Å². The third-order valence-electron chi connectivity index (χ3n) is 3.08. The fourth-order valence-electron chi connectivity index (χ4n) is 2.05. The molecule has 1 aliphatic rings. The summed E-state index contributed by atoms with van der Waals surface area (Å²) in [4.78, 5) is 30.3. The molecular weight excluding hydrogens is 307 g/mol. The van der Waals surface area contributed by atoms with E-state index in [0.717, 1.165) is 11.3 Å². The molecule has 0 N–H and O–H groups in total. The zero-order valence-corrected chi connectivity index (χ0v) is 12.1. The number of Topliss-reactive ketones (excluding diaryl/α,β-unsaturated/α-hetero) is 1. The van der Waals surface area contributed by atoms with E-state index >= 15 is 0 Å². The largest absolute Gasteiger partial charge is 0.401 e. The Balaban J connectivity index is 1.92. The van der Waals surface area contributed by atoms with Gasteiger partial charge in [0.15, 0.2) is 10.8 Å². The molecule has 1 fully saturated rings. The number of thiazole rings is 1. The number of nitrogens with zero attached hydrogens (tertiary/aromatic N) is 3. The van der Waals surface area contributed by atoms with Gasteiger partial charge in [0, 0.05) is 33.1 Å². The number of carbonyl (C=O) groups excluding carboxylic acids is 2. The fraction of sp³-hybridized carbons (Fsp3) is 0.583. The van der Waals surface area contributed by atoms with Gasteiger partial charge in [-0.15, -0.1) is 11.3 Å². The van der Waals surface area contributed by atoms with Crippen LogP contribution in [-0.2, 0) is 0 Å². The molecule has 0 unspecified atom stereocenters. The Labute approximate surface area is 123 Å². The van der Waals surface area contributed by atoms with E-state index in [1.165, 1.54) is 22.9 Å². The molecule has 5 nitrogen and oxygen atoms in total. The van der Waals surface area contributed by atoms with E-state index in [4.69, 9.17) is 0 Å². The van der Waals surface area contributed by atoms with Crippen molar-refractivity contribution < 1.29 is 22.8 Å². The van der Waals surface area contributed by atoms with Crippen molar-refractivity contribution in [1.29, 1.82) is 0 Å². The average Bonchev–Trinajstić information content (AvgIpc) is 2.86. The summed E-state index contributed by atoms with van der Waals surface area (Å²) >= 11 is 1.01. The minimum atomic E-state index is -4.22. The lowest BCUT2D eigenvalue weighted by Crippen LogP contribution is -2.50. The predicted octanol–water partition coefficient (Wildman–Crippen LogP) is 1.67. The number of halogens is 3. The molecule has 1 aliphatic heterocycles. The van der Waals surface area contributed by atoms with Gasteiger partial charge in [-0.2, -0.15) is 13.2 Å². The van der Waals surface area contributed by atoms with Crippen molar-refractivity contribution in [2.75, 3.05) is 32.7 Å². The molecule has 0 saturated carbocycles. The molecule has 0 spiro atoms. The first kappa shape index (κ1) is 15.9. The van der Waals surface area contributed by atoms with Crippen molar-refractivity contribution in [2.45, 2.75) is 13.1 Å². The Morgan fingerprint density at radius 3 is 2.38 bits per heavy atom. The molecule has 1 amide bonds. The third-order valence-corrected chi connectivity index (χ3v) is 4.17. The second-order valence-corrected chi connectivity index (χ2v) is 5.80. The molecule has 2 heterocycles. The summed E-state index contributed by atoms with van der Waals surface area (Å²) in [5, 5.41) is 0.258. The van der Waals surface area contributed by atoms with Crippen LogP contribution in [0.5, 0.6) is 0 Å². The van der Waals surface area contributed by atoms with E-state index < -0.39 is 12.7 Å². The molecule has 0 aromatic carbocycles. The van der Waals surface area contributed by atoms with Gasteiger partial charge >= 0.3 is 6.18 Å². The van der Waals surface area contributed by atoms with E-state index in [0.29, 0.717) is 4.88 Å².